The van der Waals surface area contributed by atoms with Gasteiger partial charge in [0.25, 0.3) is 0 Å². The van der Waals surface area contributed by atoms with Gasteiger partial charge in [-0.25, -0.2) is 0 Å². The Labute approximate surface area is 118 Å². The van der Waals surface area contributed by atoms with Gasteiger partial charge in [-0.3, -0.25) is 9.59 Å². The zero-order valence-corrected chi connectivity index (χ0v) is 11.7. The molecule has 0 aliphatic carbocycles. The van der Waals surface area contributed by atoms with Crippen LogP contribution in [0.15, 0.2) is 29.2 Å². The van der Waals surface area contributed by atoms with Crippen molar-refractivity contribution in [2.24, 2.45) is 0 Å². The molecule has 1 rings (SSSR count). The number of amides is 2. The van der Waals surface area contributed by atoms with Gasteiger partial charge in [-0.1, -0.05) is 12.1 Å². The monoisotopic (exact) mass is 282 g/mol. The Balaban J connectivity index is 2.24. The van der Waals surface area contributed by atoms with Crippen LogP contribution in [-0.2, 0) is 20.7 Å². The standard InChI is InChI=1S/C13H18N2O3S/c1-18-7-6-14-13(17)9-15-12(16)8-10-2-4-11(19)5-3-10/h2-5,19H,6-9H2,1H3,(H,14,17)(H,15,16). The quantitative estimate of drug-likeness (QED) is 0.501. The highest BCUT2D eigenvalue weighted by molar-refractivity contribution is 7.80. The first-order chi connectivity index (χ1) is 9.11. The van der Waals surface area contributed by atoms with Crippen molar-refractivity contribution < 1.29 is 14.3 Å². The van der Waals surface area contributed by atoms with Crippen molar-refractivity contribution in [3.63, 3.8) is 0 Å². The number of nitrogens with one attached hydrogen (secondary N) is 2. The Morgan fingerprint density at radius 3 is 2.47 bits per heavy atom. The molecule has 0 aliphatic rings. The molecule has 0 atom stereocenters. The van der Waals surface area contributed by atoms with E-state index in [9.17, 15) is 9.59 Å². The summed E-state index contributed by atoms with van der Waals surface area (Å²) in [4.78, 5) is 23.8. The summed E-state index contributed by atoms with van der Waals surface area (Å²) in [5.74, 6) is -0.412. The summed E-state index contributed by atoms with van der Waals surface area (Å²) < 4.78 is 4.80. The number of benzene rings is 1. The van der Waals surface area contributed by atoms with E-state index in [1.807, 2.05) is 24.3 Å². The van der Waals surface area contributed by atoms with Crippen LogP contribution < -0.4 is 10.6 Å². The molecule has 0 fully saturated rings. The lowest BCUT2D eigenvalue weighted by molar-refractivity contribution is -0.125. The number of rotatable bonds is 7. The van der Waals surface area contributed by atoms with Crippen LogP contribution in [0.5, 0.6) is 0 Å². The van der Waals surface area contributed by atoms with Crippen LogP contribution in [-0.4, -0.2) is 38.6 Å². The van der Waals surface area contributed by atoms with Crippen LogP contribution in [0.3, 0.4) is 0 Å². The molecule has 6 heteroatoms. The number of carbonyl (C=O) groups excluding carboxylic acids is 2. The third kappa shape index (κ3) is 6.83. The second kappa shape index (κ2) is 8.55. The van der Waals surface area contributed by atoms with Crippen LogP contribution in [0.4, 0.5) is 0 Å². The van der Waals surface area contributed by atoms with E-state index in [0.717, 1.165) is 10.5 Å². The molecule has 5 nitrogen and oxygen atoms in total. The van der Waals surface area contributed by atoms with Gasteiger partial charge in [0, 0.05) is 18.6 Å². The first-order valence-electron chi connectivity index (χ1n) is 5.92. The summed E-state index contributed by atoms with van der Waals surface area (Å²) in [6.07, 6.45) is 0.249. The number of ether oxygens (including phenoxy) is 1. The molecule has 2 N–H and O–H groups in total. The molecule has 0 unspecified atom stereocenters. The van der Waals surface area contributed by atoms with Crippen molar-refractivity contribution in [2.75, 3.05) is 26.8 Å². The molecule has 0 heterocycles. The lowest BCUT2D eigenvalue weighted by Crippen LogP contribution is -2.38. The summed E-state index contributed by atoms with van der Waals surface area (Å²) in [5, 5.41) is 5.18. The Morgan fingerprint density at radius 1 is 1.16 bits per heavy atom. The van der Waals surface area contributed by atoms with Gasteiger partial charge in [0.1, 0.15) is 0 Å². The van der Waals surface area contributed by atoms with E-state index < -0.39 is 0 Å². The lowest BCUT2D eigenvalue weighted by atomic mass is 10.1. The molecule has 104 valence electrons. The number of methoxy groups -OCH3 is 1. The Bertz CT molecular complexity index is 420. The maximum absolute atomic E-state index is 11.6. The van der Waals surface area contributed by atoms with Crippen LogP contribution >= 0.6 is 12.6 Å². The van der Waals surface area contributed by atoms with Crippen LogP contribution in [0.2, 0.25) is 0 Å². The zero-order chi connectivity index (χ0) is 14.1. The normalized spacial score (nSPS) is 10.0. The highest BCUT2D eigenvalue weighted by Crippen LogP contribution is 2.07. The molecule has 1 aromatic rings. The predicted octanol–water partition coefficient (Wildman–Crippen LogP) is 0.397. The van der Waals surface area contributed by atoms with Crippen molar-refractivity contribution in [3.05, 3.63) is 29.8 Å². The Hall–Kier alpha value is -1.53. The average Bonchev–Trinajstić information content (AvgIpc) is 2.39. The third-order valence-corrected chi connectivity index (χ3v) is 2.67. The Kier molecular flexibility index (Phi) is 6.99. The Morgan fingerprint density at radius 2 is 1.84 bits per heavy atom. The van der Waals surface area contributed by atoms with E-state index in [1.54, 1.807) is 7.11 Å². The van der Waals surface area contributed by atoms with Gasteiger partial charge in [0.05, 0.1) is 19.6 Å². The van der Waals surface area contributed by atoms with Gasteiger partial charge in [0.15, 0.2) is 0 Å². The highest BCUT2D eigenvalue weighted by atomic mass is 32.1. The smallest absolute Gasteiger partial charge is 0.239 e. The van der Waals surface area contributed by atoms with Crippen molar-refractivity contribution in [1.29, 1.82) is 0 Å². The maximum Gasteiger partial charge on any atom is 0.239 e. The van der Waals surface area contributed by atoms with Crippen LogP contribution in [0.25, 0.3) is 0 Å². The van der Waals surface area contributed by atoms with Crippen molar-refractivity contribution in [2.45, 2.75) is 11.3 Å². The fraction of sp³-hybridized carbons (Fsp3) is 0.385. The van der Waals surface area contributed by atoms with Crippen molar-refractivity contribution >= 4 is 24.4 Å². The molecule has 1 aromatic carbocycles. The van der Waals surface area contributed by atoms with E-state index in [4.69, 9.17) is 4.74 Å². The second-order valence-corrected chi connectivity index (χ2v) is 4.48. The number of thiol groups is 1. The van der Waals surface area contributed by atoms with Crippen LogP contribution in [0, 0.1) is 0 Å². The summed E-state index contributed by atoms with van der Waals surface area (Å²) in [6, 6.07) is 7.31. The second-order valence-electron chi connectivity index (χ2n) is 3.96. The fourth-order valence-electron chi connectivity index (χ4n) is 1.40. The third-order valence-electron chi connectivity index (χ3n) is 2.38. The summed E-state index contributed by atoms with van der Waals surface area (Å²) in [5.41, 5.74) is 0.884. The molecule has 0 aliphatic heterocycles. The van der Waals surface area contributed by atoms with E-state index >= 15 is 0 Å². The van der Waals surface area contributed by atoms with Gasteiger partial charge in [-0.05, 0) is 17.7 Å². The van der Waals surface area contributed by atoms with Crippen LogP contribution in [0.1, 0.15) is 5.56 Å². The first kappa shape index (κ1) is 15.5. The molecule has 2 amide bonds. The minimum Gasteiger partial charge on any atom is -0.383 e. The first-order valence-corrected chi connectivity index (χ1v) is 6.37. The molecule has 0 bridgehead atoms. The lowest BCUT2D eigenvalue weighted by Gasteiger charge is -2.06. The minimum absolute atomic E-state index is 0.0206. The topological polar surface area (TPSA) is 67.4 Å². The highest BCUT2D eigenvalue weighted by Gasteiger charge is 2.06. The molecule has 0 spiro atoms. The number of hydrogen-bond donors (Lipinski definition) is 3. The summed E-state index contributed by atoms with van der Waals surface area (Å²) >= 11 is 4.17. The maximum atomic E-state index is 11.6. The van der Waals surface area contributed by atoms with Gasteiger partial charge in [-0.2, -0.15) is 0 Å². The summed E-state index contributed by atoms with van der Waals surface area (Å²) in [7, 11) is 1.56. The predicted molar refractivity (Wildman–Crippen MR) is 75.3 cm³/mol. The molecule has 0 saturated heterocycles. The molecule has 19 heavy (non-hydrogen) atoms. The van der Waals surface area contributed by atoms with Crippen molar-refractivity contribution in [3.8, 4) is 0 Å². The average molecular weight is 282 g/mol. The molecule has 0 saturated carbocycles. The van der Waals surface area contributed by atoms with E-state index in [0.29, 0.717) is 13.2 Å². The van der Waals surface area contributed by atoms with Gasteiger partial charge >= 0.3 is 0 Å². The molecular weight excluding hydrogens is 264 g/mol. The fourth-order valence-corrected chi connectivity index (χ4v) is 1.54. The number of hydrogen-bond acceptors (Lipinski definition) is 4. The SMILES string of the molecule is COCCNC(=O)CNC(=O)Cc1ccc(S)cc1. The van der Waals surface area contributed by atoms with Gasteiger partial charge < -0.3 is 15.4 Å². The molecule has 0 aromatic heterocycles. The minimum atomic E-state index is -0.226. The number of carbonyl (C=O) groups is 2. The van der Waals surface area contributed by atoms with E-state index in [2.05, 4.69) is 23.3 Å². The van der Waals surface area contributed by atoms with E-state index in [1.165, 1.54) is 0 Å². The molecule has 0 radical (unpaired) electrons. The van der Waals surface area contributed by atoms with Gasteiger partial charge in [0.2, 0.25) is 11.8 Å². The summed E-state index contributed by atoms with van der Waals surface area (Å²) in [6.45, 7) is 0.873. The largest absolute Gasteiger partial charge is 0.383 e. The van der Waals surface area contributed by atoms with Gasteiger partial charge in [-0.15, -0.1) is 12.6 Å². The van der Waals surface area contributed by atoms with Crippen molar-refractivity contribution in [1.82, 2.24) is 10.6 Å². The van der Waals surface area contributed by atoms with E-state index in [-0.39, 0.29) is 24.8 Å². The molecular formula is C13H18N2O3S. The zero-order valence-electron chi connectivity index (χ0n) is 10.8.